The van der Waals surface area contributed by atoms with E-state index in [-0.39, 0.29) is 11.5 Å². The van der Waals surface area contributed by atoms with Crippen LogP contribution in [0.2, 0.25) is 0 Å². The minimum Gasteiger partial charge on any atom is -0.341 e. The van der Waals surface area contributed by atoms with Crippen LogP contribution < -0.4 is 5.56 Å². The number of hydrogen-bond donors (Lipinski definition) is 1. The molecule has 7 nitrogen and oxygen atoms in total. The zero-order valence-corrected chi connectivity index (χ0v) is 22.1. The van der Waals surface area contributed by atoms with Gasteiger partial charge in [-0.25, -0.2) is 9.97 Å². The highest BCUT2D eigenvalue weighted by Gasteiger charge is 2.18. The molecule has 8 heteroatoms. The van der Waals surface area contributed by atoms with Crippen molar-refractivity contribution in [3.8, 4) is 5.69 Å². The maximum absolute atomic E-state index is 13.7. The van der Waals surface area contributed by atoms with Gasteiger partial charge in [0.25, 0.3) is 11.5 Å². The van der Waals surface area contributed by atoms with E-state index in [2.05, 4.69) is 9.97 Å². The molecular formula is C31H25N5O2S. The van der Waals surface area contributed by atoms with E-state index in [1.807, 2.05) is 84.9 Å². The number of nitrogens with zero attached hydrogens (tertiary/aromatic N) is 4. The van der Waals surface area contributed by atoms with Crippen molar-refractivity contribution < 1.29 is 4.79 Å². The number of thioether (sulfide) groups is 1. The molecule has 4 aromatic carbocycles. The van der Waals surface area contributed by atoms with Crippen molar-refractivity contribution in [2.75, 3.05) is 7.05 Å². The van der Waals surface area contributed by atoms with Gasteiger partial charge in [0.2, 0.25) is 0 Å². The van der Waals surface area contributed by atoms with Gasteiger partial charge in [0.15, 0.2) is 5.16 Å². The number of H-pyrrole nitrogens is 1. The summed E-state index contributed by atoms with van der Waals surface area (Å²) in [5, 5.41) is 0.982. The van der Waals surface area contributed by atoms with Gasteiger partial charge >= 0.3 is 0 Å². The highest BCUT2D eigenvalue weighted by atomic mass is 32.2. The lowest BCUT2D eigenvalue weighted by molar-refractivity contribution is 0.0785. The van der Waals surface area contributed by atoms with Crippen LogP contribution in [0, 0.1) is 0 Å². The summed E-state index contributed by atoms with van der Waals surface area (Å²) in [6.45, 7) is 0.485. The second-order valence-corrected chi connectivity index (χ2v) is 10.2. The number of rotatable bonds is 7. The van der Waals surface area contributed by atoms with Crippen LogP contribution >= 0.6 is 11.8 Å². The van der Waals surface area contributed by atoms with Crippen molar-refractivity contribution in [1.29, 1.82) is 0 Å². The van der Waals surface area contributed by atoms with Crippen molar-refractivity contribution in [3.05, 3.63) is 130 Å². The van der Waals surface area contributed by atoms with E-state index < -0.39 is 0 Å². The summed E-state index contributed by atoms with van der Waals surface area (Å²) in [5.41, 5.74) is 4.41. The summed E-state index contributed by atoms with van der Waals surface area (Å²) >= 11 is 1.42. The summed E-state index contributed by atoms with van der Waals surface area (Å²) in [7, 11) is 1.77. The first kappa shape index (κ1) is 24.6. The molecule has 0 aliphatic carbocycles. The topological polar surface area (TPSA) is 83.9 Å². The summed E-state index contributed by atoms with van der Waals surface area (Å²) < 4.78 is 1.62. The van der Waals surface area contributed by atoms with Crippen LogP contribution in [0.15, 0.2) is 113 Å². The summed E-state index contributed by atoms with van der Waals surface area (Å²) in [6, 6.07) is 32.3. The Morgan fingerprint density at radius 3 is 2.36 bits per heavy atom. The lowest BCUT2D eigenvalue weighted by Gasteiger charge is -2.18. The SMILES string of the molecule is CN(Cc1ccccc1)C(=O)c1ccc2c(=O)n(-c3ccccc3)c(SCc3nc4ccccc4[nH]3)nc2c1. The number of aromatic amines is 1. The Balaban J connectivity index is 1.37. The number of benzene rings is 4. The zero-order valence-electron chi connectivity index (χ0n) is 21.2. The third-order valence-electron chi connectivity index (χ3n) is 6.49. The molecule has 0 aliphatic heterocycles. The first-order valence-corrected chi connectivity index (χ1v) is 13.5. The molecule has 1 N–H and O–H groups in total. The number of hydrogen-bond acceptors (Lipinski definition) is 5. The van der Waals surface area contributed by atoms with E-state index in [0.717, 1.165) is 28.1 Å². The minimum absolute atomic E-state index is 0.133. The summed E-state index contributed by atoms with van der Waals surface area (Å²) in [5.74, 6) is 1.16. The predicted octanol–water partition coefficient (Wildman–Crippen LogP) is 5.83. The fourth-order valence-corrected chi connectivity index (χ4v) is 5.44. The Bertz CT molecular complexity index is 1820. The van der Waals surface area contributed by atoms with Crippen LogP contribution in [0.3, 0.4) is 0 Å². The Labute approximate surface area is 229 Å². The van der Waals surface area contributed by atoms with Crippen molar-refractivity contribution in [1.82, 2.24) is 24.4 Å². The molecule has 39 heavy (non-hydrogen) atoms. The second kappa shape index (κ2) is 10.6. The molecular weight excluding hydrogens is 506 g/mol. The molecule has 0 fully saturated rings. The van der Waals surface area contributed by atoms with Gasteiger partial charge in [0.1, 0.15) is 5.82 Å². The maximum atomic E-state index is 13.7. The molecule has 0 bridgehead atoms. The maximum Gasteiger partial charge on any atom is 0.266 e. The number of fused-ring (bicyclic) bond motifs is 2. The molecule has 1 amide bonds. The smallest absolute Gasteiger partial charge is 0.266 e. The Morgan fingerprint density at radius 1 is 0.872 bits per heavy atom. The van der Waals surface area contributed by atoms with Crippen molar-refractivity contribution in [2.45, 2.75) is 17.5 Å². The zero-order chi connectivity index (χ0) is 26.8. The molecule has 0 atom stereocenters. The number of para-hydroxylation sites is 3. The number of nitrogens with one attached hydrogen (secondary N) is 1. The standard InChI is InChI=1S/C31H25N5O2S/c1-35(19-21-10-4-2-5-11-21)29(37)22-16-17-24-27(18-22)34-31(36(30(24)38)23-12-6-3-7-13-23)39-20-28-32-25-14-8-9-15-26(25)33-28/h2-18H,19-20H2,1H3,(H,32,33). The molecule has 6 rings (SSSR count). The molecule has 0 radical (unpaired) electrons. The molecule has 0 unspecified atom stereocenters. The van der Waals surface area contributed by atoms with Crippen LogP contribution in [-0.2, 0) is 12.3 Å². The molecule has 2 heterocycles. The molecule has 0 saturated carbocycles. The van der Waals surface area contributed by atoms with E-state index in [1.54, 1.807) is 34.7 Å². The van der Waals surface area contributed by atoms with Gasteiger partial charge in [-0.05, 0) is 48.0 Å². The van der Waals surface area contributed by atoms with Gasteiger partial charge in [0.05, 0.1) is 33.4 Å². The number of carbonyl (C=O) groups excluding carboxylic acids is 1. The Kier molecular flexibility index (Phi) is 6.69. The van der Waals surface area contributed by atoms with Gasteiger partial charge < -0.3 is 9.88 Å². The number of amides is 1. The highest BCUT2D eigenvalue weighted by Crippen LogP contribution is 2.25. The van der Waals surface area contributed by atoms with Crippen molar-refractivity contribution in [2.24, 2.45) is 0 Å². The minimum atomic E-state index is -0.185. The molecule has 0 saturated heterocycles. The molecule has 2 aromatic heterocycles. The molecule has 0 spiro atoms. The number of aromatic nitrogens is 4. The normalized spacial score (nSPS) is 11.2. The van der Waals surface area contributed by atoms with Gasteiger partial charge in [-0.3, -0.25) is 14.2 Å². The van der Waals surface area contributed by atoms with Crippen LogP contribution in [-0.4, -0.2) is 37.4 Å². The van der Waals surface area contributed by atoms with Gasteiger partial charge in [-0.15, -0.1) is 0 Å². The van der Waals surface area contributed by atoms with Crippen LogP contribution in [0.1, 0.15) is 21.7 Å². The van der Waals surface area contributed by atoms with E-state index in [9.17, 15) is 9.59 Å². The third kappa shape index (κ3) is 5.06. The van der Waals surface area contributed by atoms with E-state index in [1.165, 1.54) is 11.8 Å². The highest BCUT2D eigenvalue weighted by molar-refractivity contribution is 7.98. The van der Waals surface area contributed by atoms with E-state index in [0.29, 0.717) is 33.9 Å². The van der Waals surface area contributed by atoms with Gasteiger partial charge in [0, 0.05) is 19.2 Å². The van der Waals surface area contributed by atoms with E-state index in [4.69, 9.17) is 4.98 Å². The summed E-state index contributed by atoms with van der Waals surface area (Å²) in [4.78, 5) is 41.5. The third-order valence-corrected chi connectivity index (χ3v) is 7.44. The average Bonchev–Trinajstić information content (AvgIpc) is 3.39. The van der Waals surface area contributed by atoms with Gasteiger partial charge in [-0.2, -0.15) is 0 Å². The average molecular weight is 532 g/mol. The molecule has 6 aromatic rings. The largest absolute Gasteiger partial charge is 0.341 e. The molecule has 0 aliphatic rings. The van der Waals surface area contributed by atoms with E-state index >= 15 is 0 Å². The summed E-state index contributed by atoms with van der Waals surface area (Å²) in [6.07, 6.45) is 0. The fourth-order valence-electron chi connectivity index (χ4n) is 4.56. The second-order valence-electron chi connectivity index (χ2n) is 9.24. The lowest BCUT2D eigenvalue weighted by atomic mass is 10.1. The first-order chi connectivity index (χ1) is 19.1. The Hall–Kier alpha value is -4.69. The monoisotopic (exact) mass is 531 g/mol. The van der Waals surface area contributed by atoms with Crippen LogP contribution in [0.5, 0.6) is 0 Å². The predicted molar refractivity (Wildman–Crippen MR) is 155 cm³/mol. The van der Waals surface area contributed by atoms with Gasteiger partial charge in [-0.1, -0.05) is 72.4 Å². The van der Waals surface area contributed by atoms with Crippen LogP contribution in [0.4, 0.5) is 0 Å². The fraction of sp³-hybridized carbons (Fsp3) is 0.0968. The van der Waals surface area contributed by atoms with Crippen molar-refractivity contribution >= 4 is 39.6 Å². The molecule has 192 valence electrons. The number of carbonyl (C=O) groups is 1. The van der Waals surface area contributed by atoms with Crippen LogP contribution in [0.25, 0.3) is 27.6 Å². The number of imidazole rings is 1. The van der Waals surface area contributed by atoms with Crippen molar-refractivity contribution in [3.63, 3.8) is 0 Å². The first-order valence-electron chi connectivity index (χ1n) is 12.5. The quantitative estimate of drug-likeness (QED) is 0.207. The lowest BCUT2D eigenvalue weighted by Crippen LogP contribution is -2.26. The Morgan fingerprint density at radius 2 is 1.59 bits per heavy atom.